The summed E-state index contributed by atoms with van der Waals surface area (Å²) in [5, 5.41) is 9.26. The predicted molar refractivity (Wildman–Crippen MR) is 69.0 cm³/mol. The molecule has 0 unspecified atom stereocenters. The van der Waals surface area contributed by atoms with E-state index in [1.165, 1.54) is 32.4 Å². The van der Waals surface area contributed by atoms with Crippen molar-refractivity contribution >= 4 is 21.7 Å². The molecule has 0 fully saturated rings. The van der Waals surface area contributed by atoms with Gasteiger partial charge in [0, 0.05) is 13.6 Å². The third-order valence-electron chi connectivity index (χ3n) is 2.57. The Morgan fingerprint density at radius 2 is 2.11 bits per heavy atom. The van der Waals surface area contributed by atoms with Gasteiger partial charge in [0.1, 0.15) is 5.75 Å². The predicted octanol–water partition coefficient (Wildman–Crippen LogP) is 0.158. The van der Waals surface area contributed by atoms with E-state index >= 15 is 0 Å². The second kappa shape index (κ2) is 5.89. The van der Waals surface area contributed by atoms with Gasteiger partial charge in [-0.3, -0.25) is 4.79 Å². The number of nitrogen functional groups attached to an aromatic ring is 1. The van der Waals surface area contributed by atoms with Gasteiger partial charge in [-0.15, -0.1) is 0 Å². The Balaban J connectivity index is 2.90. The number of benzene rings is 1. The summed E-state index contributed by atoms with van der Waals surface area (Å²) in [6.07, 6.45) is -0.0419. The first-order chi connectivity index (χ1) is 8.78. The van der Waals surface area contributed by atoms with Crippen LogP contribution in [0.3, 0.4) is 0 Å². The monoisotopic (exact) mass is 288 g/mol. The maximum Gasteiger partial charge on any atom is 0.306 e. The van der Waals surface area contributed by atoms with E-state index in [9.17, 15) is 18.3 Å². The van der Waals surface area contributed by atoms with Crippen molar-refractivity contribution in [1.29, 1.82) is 0 Å². The molecule has 0 aliphatic heterocycles. The average Bonchev–Trinajstić information content (AvgIpc) is 2.38. The van der Waals surface area contributed by atoms with E-state index in [1.807, 2.05) is 0 Å². The molecule has 1 aromatic rings. The Labute approximate surface area is 111 Å². The topological polar surface area (TPSA) is 110 Å². The standard InChI is InChI=1S/C11H16N2O5S/c1-13(6-5-11(15)18-2)19(16,17)8-3-4-10(14)9(12)7-8/h3-4,7,14H,5-6,12H2,1-2H3. The van der Waals surface area contributed by atoms with E-state index in [-0.39, 0.29) is 29.3 Å². The molecule has 0 atom stereocenters. The number of methoxy groups -OCH3 is 1. The first kappa shape index (κ1) is 15.3. The van der Waals surface area contributed by atoms with Crippen molar-refractivity contribution in [2.75, 3.05) is 26.4 Å². The Morgan fingerprint density at radius 3 is 2.63 bits per heavy atom. The van der Waals surface area contributed by atoms with E-state index in [0.717, 1.165) is 4.31 Å². The van der Waals surface area contributed by atoms with Crippen LogP contribution >= 0.6 is 0 Å². The van der Waals surface area contributed by atoms with Gasteiger partial charge >= 0.3 is 5.97 Å². The van der Waals surface area contributed by atoms with Crippen molar-refractivity contribution in [3.63, 3.8) is 0 Å². The molecule has 0 aliphatic rings. The Kier molecular flexibility index (Phi) is 4.73. The number of hydrogen-bond donors (Lipinski definition) is 2. The number of ether oxygens (including phenoxy) is 1. The number of phenols is 1. The second-order valence-corrected chi connectivity index (χ2v) is 5.92. The fourth-order valence-electron chi connectivity index (χ4n) is 1.34. The number of nitrogens with zero attached hydrogens (tertiary/aromatic N) is 1. The highest BCUT2D eigenvalue weighted by Crippen LogP contribution is 2.24. The number of rotatable bonds is 5. The van der Waals surface area contributed by atoms with Crippen molar-refractivity contribution in [3.05, 3.63) is 18.2 Å². The van der Waals surface area contributed by atoms with Gasteiger partial charge in [-0.05, 0) is 18.2 Å². The first-order valence-electron chi connectivity index (χ1n) is 5.40. The van der Waals surface area contributed by atoms with Crippen LogP contribution in [0.1, 0.15) is 6.42 Å². The van der Waals surface area contributed by atoms with Crippen molar-refractivity contribution in [2.24, 2.45) is 0 Å². The maximum absolute atomic E-state index is 12.1. The molecular weight excluding hydrogens is 272 g/mol. The van der Waals surface area contributed by atoms with Gasteiger partial charge in [0.05, 0.1) is 24.1 Å². The molecule has 0 saturated carbocycles. The van der Waals surface area contributed by atoms with E-state index in [2.05, 4.69) is 4.74 Å². The van der Waals surface area contributed by atoms with Crippen LogP contribution in [0.25, 0.3) is 0 Å². The van der Waals surface area contributed by atoms with E-state index in [1.54, 1.807) is 0 Å². The molecule has 0 bridgehead atoms. The Bertz CT molecular complexity index is 570. The fourth-order valence-corrected chi connectivity index (χ4v) is 2.55. The molecule has 1 rings (SSSR count). The molecular formula is C11H16N2O5S. The summed E-state index contributed by atoms with van der Waals surface area (Å²) < 4.78 is 29.7. The molecule has 19 heavy (non-hydrogen) atoms. The van der Waals surface area contributed by atoms with Crippen LogP contribution in [-0.4, -0.2) is 44.5 Å². The largest absolute Gasteiger partial charge is 0.506 e. The van der Waals surface area contributed by atoms with Crippen LogP contribution in [0.5, 0.6) is 5.75 Å². The van der Waals surface area contributed by atoms with Crippen LogP contribution in [0.2, 0.25) is 0 Å². The van der Waals surface area contributed by atoms with Gasteiger partial charge < -0.3 is 15.6 Å². The molecule has 0 saturated heterocycles. The van der Waals surface area contributed by atoms with E-state index in [0.29, 0.717) is 0 Å². The maximum atomic E-state index is 12.1. The number of anilines is 1. The number of phenolic OH excluding ortho intramolecular Hbond substituents is 1. The third-order valence-corrected chi connectivity index (χ3v) is 4.42. The van der Waals surface area contributed by atoms with Crippen molar-refractivity contribution in [3.8, 4) is 5.75 Å². The third kappa shape index (κ3) is 3.58. The Morgan fingerprint density at radius 1 is 1.47 bits per heavy atom. The zero-order valence-electron chi connectivity index (χ0n) is 10.7. The zero-order chi connectivity index (χ0) is 14.6. The van der Waals surface area contributed by atoms with Crippen LogP contribution in [0, 0.1) is 0 Å². The zero-order valence-corrected chi connectivity index (χ0v) is 11.5. The van der Waals surface area contributed by atoms with Gasteiger partial charge in [-0.2, -0.15) is 0 Å². The smallest absolute Gasteiger partial charge is 0.306 e. The summed E-state index contributed by atoms with van der Waals surface area (Å²) in [6, 6.07) is 3.62. The summed E-state index contributed by atoms with van der Waals surface area (Å²) >= 11 is 0. The summed E-state index contributed by atoms with van der Waals surface area (Å²) in [5.74, 6) is -0.677. The molecule has 0 spiro atoms. The molecule has 1 aromatic carbocycles. The lowest BCUT2D eigenvalue weighted by Gasteiger charge is -2.16. The molecule has 7 nitrogen and oxygen atoms in total. The highest BCUT2D eigenvalue weighted by Gasteiger charge is 2.22. The van der Waals surface area contributed by atoms with E-state index in [4.69, 9.17) is 5.73 Å². The van der Waals surface area contributed by atoms with Crippen LogP contribution in [0.15, 0.2) is 23.1 Å². The number of hydrogen-bond acceptors (Lipinski definition) is 6. The van der Waals surface area contributed by atoms with Crippen LogP contribution in [-0.2, 0) is 19.6 Å². The lowest BCUT2D eigenvalue weighted by atomic mass is 10.3. The molecule has 106 valence electrons. The Hall–Kier alpha value is -1.80. The van der Waals surface area contributed by atoms with Crippen LogP contribution < -0.4 is 5.73 Å². The SMILES string of the molecule is COC(=O)CCN(C)S(=O)(=O)c1ccc(O)c(N)c1. The lowest BCUT2D eigenvalue weighted by molar-refractivity contribution is -0.140. The molecule has 0 amide bonds. The molecule has 0 aromatic heterocycles. The van der Waals surface area contributed by atoms with Gasteiger partial charge in [0.2, 0.25) is 10.0 Å². The normalized spacial score (nSPS) is 11.5. The van der Waals surface area contributed by atoms with Gasteiger partial charge in [-0.25, -0.2) is 12.7 Å². The van der Waals surface area contributed by atoms with Gasteiger partial charge in [0.25, 0.3) is 0 Å². The summed E-state index contributed by atoms with van der Waals surface area (Å²) in [6.45, 7) is -0.00418. The quantitative estimate of drug-likeness (QED) is 0.453. The number of aromatic hydroxyl groups is 1. The minimum absolute atomic E-state index is 0.00418. The number of carbonyl (C=O) groups is 1. The minimum atomic E-state index is -3.75. The van der Waals surface area contributed by atoms with Crippen LogP contribution in [0.4, 0.5) is 5.69 Å². The number of nitrogens with two attached hydrogens (primary N) is 1. The second-order valence-electron chi connectivity index (χ2n) is 3.87. The highest BCUT2D eigenvalue weighted by atomic mass is 32.2. The lowest BCUT2D eigenvalue weighted by Crippen LogP contribution is -2.29. The molecule has 8 heteroatoms. The average molecular weight is 288 g/mol. The minimum Gasteiger partial charge on any atom is -0.506 e. The number of esters is 1. The fraction of sp³-hybridized carbons (Fsp3) is 0.364. The first-order valence-corrected chi connectivity index (χ1v) is 6.84. The van der Waals surface area contributed by atoms with E-state index < -0.39 is 16.0 Å². The van der Waals surface area contributed by atoms with Crippen molar-refractivity contribution < 1.29 is 23.1 Å². The van der Waals surface area contributed by atoms with Gasteiger partial charge in [0.15, 0.2) is 0 Å². The van der Waals surface area contributed by atoms with Gasteiger partial charge in [-0.1, -0.05) is 0 Å². The molecule has 0 aliphatic carbocycles. The summed E-state index contributed by atoms with van der Waals surface area (Å²) in [4.78, 5) is 10.9. The molecule has 3 N–H and O–H groups in total. The van der Waals surface area contributed by atoms with Crippen molar-refractivity contribution in [2.45, 2.75) is 11.3 Å². The molecule has 0 heterocycles. The number of carbonyl (C=O) groups excluding carboxylic acids is 1. The summed E-state index contributed by atoms with van der Waals surface area (Å²) in [5.41, 5.74) is 5.43. The number of sulfonamides is 1. The summed E-state index contributed by atoms with van der Waals surface area (Å²) in [7, 11) is -1.17. The molecule has 0 radical (unpaired) electrons. The highest BCUT2D eigenvalue weighted by molar-refractivity contribution is 7.89. The van der Waals surface area contributed by atoms with Crippen molar-refractivity contribution in [1.82, 2.24) is 4.31 Å².